The molecular weight excluding hydrogens is 366 g/mol. The molecule has 0 spiro atoms. The normalized spacial score (nSPS) is 15.1. The average Bonchev–Trinajstić information content (AvgIpc) is 3.29. The Morgan fingerprint density at radius 2 is 2.04 bits per heavy atom. The van der Waals surface area contributed by atoms with Crippen molar-refractivity contribution < 1.29 is 8.42 Å². The molecule has 0 fully saturated rings. The van der Waals surface area contributed by atoms with Crippen LogP contribution in [0.25, 0.3) is 16.9 Å². The highest BCUT2D eigenvalue weighted by molar-refractivity contribution is 7.90. The first-order valence-corrected chi connectivity index (χ1v) is 10.1. The van der Waals surface area contributed by atoms with Crippen molar-refractivity contribution in [2.45, 2.75) is 11.5 Å². The van der Waals surface area contributed by atoms with E-state index < -0.39 is 9.84 Å². The minimum Gasteiger partial charge on any atom is -0.323 e. The van der Waals surface area contributed by atoms with Gasteiger partial charge in [-0.05, 0) is 23.3 Å². The number of hydrogen-bond donors (Lipinski definition) is 1. The standard InChI is InChI=1S/C17H15N7O2S/c1-23-8-13(7-19-23)15-16-21-17(22-24(16)5-4-18-15)20-14-3-2-11-9-27(25,26)10-12(11)6-14/h2-8H,9-10H2,1H3,(H,20,22). The summed E-state index contributed by atoms with van der Waals surface area (Å²) in [4.78, 5) is 8.94. The van der Waals surface area contributed by atoms with E-state index in [1.807, 2.05) is 31.4 Å². The van der Waals surface area contributed by atoms with Gasteiger partial charge in [0, 0.05) is 36.9 Å². The van der Waals surface area contributed by atoms with E-state index in [0.717, 1.165) is 22.4 Å². The minimum atomic E-state index is -3.03. The summed E-state index contributed by atoms with van der Waals surface area (Å²) in [6.45, 7) is 0. The molecule has 10 heteroatoms. The zero-order chi connectivity index (χ0) is 18.6. The van der Waals surface area contributed by atoms with Gasteiger partial charge in [-0.3, -0.25) is 9.67 Å². The first-order chi connectivity index (χ1) is 13.0. The third-order valence-corrected chi connectivity index (χ3v) is 5.95. The Morgan fingerprint density at radius 1 is 1.19 bits per heavy atom. The van der Waals surface area contributed by atoms with Gasteiger partial charge in [-0.15, -0.1) is 5.10 Å². The molecule has 0 radical (unpaired) electrons. The van der Waals surface area contributed by atoms with E-state index in [1.54, 1.807) is 27.8 Å². The fourth-order valence-corrected chi connectivity index (χ4v) is 4.85. The maximum atomic E-state index is 11.8. The number of rotatable bonds is 3. The fourth-order valence-electron chi connectivity index (χ4n) is 3.25. The SMILES string of the molecule is Cn1cc(-c2nccn3nc(Nc4ccc5c(c4)CS(=O)(=O)C5)nc23)cn1. The largest absolute Gasteiger partial charge is 0.323 e. The van der Waals surface area contributed by atoms with Crippen LogP contribution in [0.2, 0.25) is 0 Å². The van der Waals surface area contributed by atoms with Crippen LogP contribution < -0.4 is 5.32 Å². The molecule has 0 amide bonds. The molecule has 4 aromatic rings. The van der Waals surface area contributed by atoms with Gasteiger partial charge in [0.05, 0.1) is 17.7 Å². The number of aryl methyl sites for hydroxylation is 1. The monoisotopic (exact) mass is 381 g/mol. The summed E-state index contributed by atoms with van der Waals surface area (Å²) in [5, 5.41) is 11.8. The average molecular weight is 381 g/mol. The highest BCUT2D eigenvalue weighted by atomic mass is 32.2. The van der Waals surface area contributed by atoms with Crippen molar-refractivity contribution in [3.8, 4) is 11.3 Å². The molecule has 0 bridgehead atoms. The molecule has 9 nitrogen and oxygen atoms in total. The molecule has 3 aromatic heterocycles. The van der Waals surface area contributed by atoms with Crippen LogP contribution >= 0.6 is 0 Å². The lowest BCUT2D eigenvalue weighted by Gasteiger charge is -2.03. The second-order valence-corrected chi connectivity index (χ2v) is 8.59. The summed E-state index contributed by atoms with van der Waals surface area (Å²) in [5.41, 5.74) is 4.57. The van der Waals surface area contributed by atoms with Crippen LogP contribution in [0.4, 0.5) is 11.6 Å². The number of hydrogen-bond acceptors (Lipinski definition) is 7. The lowest BCUT2D eigenvalue weighted by atomic mass is 10.1. The molecule has 1 aromatic carbocycles. The molecule has 4 heterocycles. The number of fused-ring (bicyclic) bond motifs is 2. The number of anilines is 2. The number of sulfone groups is 1. The summed E-state index contributed by atoms with van der Waals surface area (Å²) >= 11 is 0. The first kappa shape index (κ1) is 15.9. The quantitative estimate of drug-likeness (QED) is 0.575. The van der Waals surface area contributed by atoms with Gasteiger partial charge in [-0.2, -0.15) is 10.1 Å². The van der Waals surface area contributed by atoms with Gasteiger partial charge in [0.15, 0.2) is 15.5 Å². The maximum absolute atomic E-state index is 11.8. The molecule has 0 aliphatic carbocycles. The van der Waals surface area contributed by atoms with Gasteiger partial charge in [-0.1, -0.05) is 6.07 Å². The van der Waals surface area contributed by atoms with E-state index in [2.05, 4.69) is 25.5 Å². The van der Waals surface area contributed by atoms with E-state index in [-0.39, 0.29) is 11.5 Å². The number of nitrogens with zero attached hydrogens (tertiary/aromatic N) is 6. The lowest BCUT2D eigenvalue weighted by molar-refractivity contribution is 0.598. The van der Waals surface area contributed by atoms with Crippen molar-refractivity contribution in [1.29, 1.82) is 0 Å². The molecule has 27 heavy (non-hydrogen) atoms. The van der Waals surface area contributed by atoms with Crippen molar-refractivity contribution in [2.75, 3.05) is 5.32 Å². The van der Waals surface area contributed by atoms with Gasteiger partial charge in [-0.25, -0.2) is 12.9 Å². The third-order valence-electron chi connectivity index (χ3n) is 4.45. The zero-order valence-corrected chi connectivity index (χ0v) is 15.2. The van der Waals surface area contributed by atoms with E-state index in [4.69, 9.17) is 0 Å². The van der Waals surface area contributed by atoms with E-state index in [1.165, 1.54) is 0 Å². The van der Waals surface area contributed by atoms with Gasteiger partial charge < -0.3 is 5.32 Å². The van der Waals surface area contributed by atoms with Crippen molar-refractivity contribution in [3.63, 3.8) is 0 Å². The van der Waals surface area contributed by atoms with Gasteiger partial charge in [0.25, 0.3) is 0 Å². The summed E-state index contributed by atoms with van der Waals surface area (Å²) < 4.78 is 26.9. The number of benzene rings is 1. The molecule has 1 aliphatic rings. The summed E-state index contributed by atoms with van der Waals surface area (Å²) in [6, 6.07) is 5.51. The van der Waals surface area contributed by atoms with E-state index in [9.17, 15) is 8.42 Å². The highest BCUT2D eigenvalue weighted by Gasteiger charge is 2.24. The highest BCUT2D eigenvalue weighted by Crippen LogP contribution is 2.29. The van der Waals surface area contributed by atoms with E-state index in [0.29, 0.717) is 17.3 Å². The molecule has 0 atom stereocenters. The van der Waals surface area contributed by atoms with Crippen LogP contribution in [-0.4, -0.2) is 37.8 Å². The zero-order valence-electron chi connectivity index (χ0n) is 14.4. The molecule has 0 saturated carbocycles. The fraction of sp³-hybridized carbons (Fsp3) is 0.176. The molecule has 1 N–H and O–H groups in total. The summed E-state index contributed by atoms with van der Waals surface area (Å²) in [6.07, 6.45) is 6.98. The Kier molecular flexibility index (Phi) is 3.31. The topological polar surface area (TPSA) is 107 Å². The Hall–Kier alpha value is -3.27. The first-order valence-electron chi connectivity index (χ1n) is 8.26. The summed E-state index contributed by atoms with van der Waals surface area (Å²) in [7, 11) is -1.19. The molecule has 1 aliphatic heterocycles. The minimum absolute atomic E-state index is 0.0749. The lowest BCUT2D eigenvalue weighted by Crippen LogP contribution is -1.95. The van der Waals surface area contributed by atoms with Crippen molar-refractivity contribution in [2.24, 2.45) is 7.05 Å². The Bertz CT molecular complexity index is 1290. The number of aromatic nitrogens is 6. The predicted octanol–water partition coefficient (Wildman–Crippen LogP) is 1.70. The van der Waals surface area contributed by atoms with Crippen molar-refractivity contribution in [3.05, 3.63) is 54.1 Å². The van der Waals surface area contributed by atoms with E-state index >= 15 is 0 Å². The van der Waals surface area contributed by atoms with Gasteiger partial charge in [0.2, 0.25) is 5.95 Å². The van der Waals surface area contributed by atoms with Crippen LogP contribution in [0.15, 0.2) is 43.0 Å². The third kappa shape index (κ3) is 2.83. The van der Waals surface area contributed by atoms with Gasteiger partial charge >= 0.3 is 0 Å². The Balaban J connectivity index is 1.50. The molecule has 0 saturated heterocycles. The molecule has 136 valence electrons. The molecular formula is C17H15N7O2S. The number of nitrogens with one attached hydrogen (secondary N) is 1. The van der Waals surface area contributed by atoms with Crippen LogP contribution in [0.5, 0.6) is 0 Å². The van der Waals surface area contributed by atoms with Crippen LogP contribution in [0, 0.1) is 0 Å². The summed E-state index contributed by atoms with van der Waals surface area (Å²) in [5.74, 6) is 0.592. The second kappa shape index (κ2) is 5.61. The smallest absolute Gasteiger partial charge is 0.247 e. The van der Waals surface area contributed by atoms with Crippen molar-refractivity contribution >= 4 is 27.1 Å². The Labute approximate surface area is 154 Å². The van der Waals surface area contributed by atoms with Gasteiger partial charge in [0.1, 0.15) is 5.69 Å². The maximum Gasteiger partial charge on any atom is 0.247 e. The van der Waals surface area contributed by atoms with Crippen molar-refractivity contribution in [1.82, 2.24) is 29.4 Å². The predicted molar refractivity (Wildman–Crippen MR) is 99.0 cm³/mol. The van der Waals surface area contributed by atoms with Crippen LogP contribution in [0.3, 0.4) is 0 Å². The second-order valence-electron chi connectivity index (χ2n) is 6.52. The Morgan fingerprint density at radius 3 is 2.85 bits per heavy atom. The van der Waals surface area contributed by atoms with Crippen LogP contribution in [0.1, 0.15) is 11.1 Å². The molecule has 0 unspecified atom stereocenters. The molecule has 5 rings (SSSR count). The van der Waals surface area contributed by atoms with Crippen LogP contribution in [-0.2, 0) is 28.4 Å².